The summed E-state index contributed by atoms with van der Waals surface area (Å²) in [7, 11) is 0. The fraction of sp³-hybridized carbons (Fsp3) is 0.333. The Hall–Kier alpha value is -1.70. The third-order valence-corrected chi connectivity index (χ3v) is 2.86. The van der Waals surface area contributed by atoms with Crippen molar-refractivity contribution in [2.24, 2.45) is 5.92 Å². The number of aliphatic carboxylic acids is 1. The van der Waals surface area contributed by atoms with E-state index in [-0.39, 0.29) is 30.5 Å². The van der Waals surface area contributed by atoms with Crippen LogP contribution in [0, 0.1) is 5.92 Å². The highest BCUT2D eigenvalue weighted by Gasteiger charge is 2.36. The summed E-state index contributed by atoms with van der Waals surface area (Å²) >= 11 is 3.10. The molecule has 1 saturated heterocycles. The molecule has 1 amide bonds. The number of nitrogens with two attached hydrogens (primary N) is 1. The Morgan fingerprint density at radius 3 is 2.88 bits per heavy atom. The summed E-state index contributed by atoms with van der Waals surface area (Å²) in [5.74, 6) is -1.71. The molecule has 0 spiro atoms. The van der Waals surface area contributed by atoms with Crippen LogP contribution in [0.1, 0.15) is 6.42 Å². The van der Waals surface area contributed by atoms with Gasteiger partial charge in [-0.2, -0.15) is 0 Å². The number of carbonyl (C=O) groups excluding carboxylic acids is 1. The van der Waals surface area contributed by atoms with E-state index in [0.29, 0.717) is 4.60 Å². The molecular formula is C9H9BrN4O3. The topological polar surface area (TPSA) is 109 Å². The molecule has 7 nitrogen and oxygen atoms in total. The Bertz CT molecular complexity index is 493. The van der Waals surface area contributed by atoms with Gasteiger partial charge in [-0.1, -0.05) is 0 Å². The zero-order valence-corrected chi connectivity index (χ0v) is 10.2. The van der Waals surface area contributed by atoms with Crippen molar-refractivity contribution in [1.82, 2.24) is 9.97 Å². The van der Waals surface area contributed by atoms with Crippen LogP contribution < -0.4 is 10.6 Å². The van der Waals surface area contributed by atoms with Gasteiger partial charge in [0, 0.05) is 13.0 Å². The summed E-state index contributed by atoms with van der Waals surface area (Å²) in [4.78, 5) is 31.6. The third kappa shape index (κ3) is 2.21. The molecule has 17 heavy (non-hydrogen) atoms. The van der Waals surface area contributed by atoms with Crippen molar-refractivity contribution in [2.75, 3.05) is 17.2 Å². The normalized spacial score (nSPS) is 19.7. The molecule has 1 atom stereocenters. The van der Waals surface area contributed by atoms with Crippen molar-refractivity contribution < 1.29 is 14.7 Å². The first-order chi connectivity index (χ1) is 7.99. The number of carbonyl (C=O) groups is 2. The van der Waals surface area contributed by atoms with E-state index in [9.17, 15) is 9.59 Å². The number of hydrogen-bond acceptors (Lipinski definition) is 5. The quantitative estimate of drug-likeness (QED) is 0.811. The summed E-state index contributed by atoms with van der Waals surface area (Å²) in [6.07, 6.45) is 1.37. The molecule has 1 unspecified atom stereocenters. The minimum Gasteiger partial charge on any atom is -0.481 e. The minimum atomic E-state index is -0.996. The molecule has 0 radical (unpaired) electrons. The monoisotopic (exact) mass is 300 g/mol. The van der Waals surface area contributed by atoms with Gasteiger partial charge in [-0.05, 0) is 15.9 Å². The Labute approximate surface area is 105 Å². The second kappa shape index (κ2) is 4.28. The van der Waals surface area contributed by atoms with Crippen molar-refractivity contribution in [3.05, 3.63) is 10.8 Å². The molecule has 90 valence electrons. The van der Waals surface area contributed by atoms with Gasteiger partial charge in [0.15, 0.2) is 11.6 Å². The van der Waals surface area contributed by atoms with E-state index in [2.05, 4.69) is 25.9 Å². The van der Waals surface area contributed by atoms with E-state index in [4.69, 9.17) is 10.8 Å². The van der Waals surface area contributed by atoms with Gasteiger partial charge in [0.05, 0.1) is 12.1 Å². The largest absolute Gasteiger partial charge is 0.481 e. The lowest BCUT2D eigenvalue weighted by Crippen LogP contribution is -2.27. The molecule has 3 N–H and O–H groups in total. The van der Waals surface area contributed by atoms with Gasteiger partial charge in [-0.25, -0.2) is 9.97 Å². The van der Waals surface area contributed by atoms with E-state index >= 15 is 0 Å². The summed E-state index contributed by atoms with van der Waals surface area (Å²) in [5.41, 5.74) is 5.64. The molecular weight excluding hydrogens is 292 g/mol. The van der Waals surface area contributed by atoms with Crippen molar-refractivity contribution >= 4 is 39.4 Å². The van der Waals surface area contributed by atoms with Gasteiger partial charge in [-0.15, -0.1) is 0 Å². The van der Waals surface area contributed by atoms with Crippen molar-refractivity contribution in [2.45, 2.75) is 6.42 Å². The van der Waals surface area contributed by atoms with E-state index in [1.807, 2.05) is 0 Å². The Kier molecular flexibility index (Phi) is 2.97. The molecule has 0 aromatic carbocycles. The highest BCUT2D eigenvalue weighted by molar-refractivity contribution is 9.10. The second-order valence-electron chi connectivity index (χ2n) is 3.65. The van der Waals surface area contributed by atoms with E-state index in [1.165, 1.54) is 11.1 Å². The number of nitrogen functional groups attached to an aromatic ring is 1. The zero-order valence-electron chi connectivity index (χ0n) is 8.63. The smallest absolute Gasteiger partial charge is 0.308 e. The number of rotatable bonds is 2. The van der Waals surface area contributed by atoms with Crippen molar-refractivity contribution in [1.29, 1.82) is 0 Å². The lowest BCUT2D eigenvalue weighted by molar-refractivity contribution is -0.141. The molecule has 0 bridgehead atoms. The highest BCUT2D eigenvalue weighted by atomic mass is 79.9. The fourth-order valence-electron chi connectivity index (χ4n) is 1.66. The first kappa shape index (κ1) is 11.8. The third-order valence-electron chi connectivity index (χ3n) is 2.48. The Balaban J connectivity index is 2.29. The second-order valence-corrected chi connectivity index (χ2v) is 4.46. The van der Waals surface area contributed by atoms with Crippen LogP contribution in [0.3, 0.4) is 0 Å². The predicted molar refractivity (Wildman–Crippen MR) is 62.2 cm³/mol. The van der Waals surface area contributed by atoms with Crippen LogP contribution in [0.4, 0.5) is 11.6 Å². The van der Waals surface area contributed by atoms with Crippen LogP contribution in [0.2, 0.25) is 0 Å². The van der Waals surface area contributed by atoms with E-state index in [0.717, 1.165) is 0 Å². The van der Waals surface area contributed by atoms with E-state index in [1.54, 1.807) is 0 Å². The number of carboxylic acids is 1. The summed E-state index contributed by atoms with van der Waals surface area (Å²) in [6.45, 7) is 0.0781. The maximum Gasteiger partial charge on any atom is 0.308 e. The molecule has 2 heterocycles. The lowest BCUT2D eigenvalue weighted by Gasteiger charge is -2.15. The van der Waals surface area contributed by atoms with Crippen LogP contribution >= 0.6 is 15.9 Å². The summed E-state index contributed by atoms with van der Waals surface area (Å²) < 4.78 is 0.459. The standard InChI is InChI=1S/C9H9BrN4O3/c10-5-2-12-8(7(11)13-5)14-3-4(9(16)17)1-6(14)15/h2,4H,1,3H2,(H2,11,13)(H,16,17). The van der Waals surface area contributed by atoms with Crippen molar-refractivity contribution in [3.8, 4) is 0 Å². The Morgan fingerprint density at radius 2 is 2.35 bits per heavy atom. The molecule has 0 saturated carbocycles. The molecule has 0 aliphatic carbocycles. The Morgan fingerprint density at radius 1 is 1.65 bits per heavy atom. The van der Waals surface area contributed by atoms with E-state index < -0.39 is 11.9 Å². The minimum absolute atomic E-state index is 0.0352. The number of halogens is 1. The van der Waals surface area contributed by atoms with Crippen LogP contribution in [0.25, 0.3) is 0 Å². The van der Waals surface area contributed by atoms with Crippen LogP contribution in [0.15, 0.2) is 10.8 Å². The number of anilines is 2. The molecule has 2 rings (SSSR count). The summed E-state index contributed by atoms with van der Waals surface area (Å²) in [6, 6.07) is 0. The first-order valence-corrected chi connectivity index (χ1v) is 5.59. The molecule has 1 aromatic heterocycles. The molecule has 1 aliphatic heterocycles. The molecule has 8 heteroatoms. The number of amides is 1. The number of hydrogen-bond donors (Lipinski definition) is 2. The number of nitrogens with zero attached hydrogens (tertiary/aromatic N) is 3. The number of aromatic nitrogens is 2. The maximum absolute atomic E-state index is 11.7. The average molecular weight is 301 g/mol. The van der Waals surface area contributed by atoms with Gasteiger partial charge < -0.3 is 10.8 Å². The molecule has 1 aromatic rings. The first-order valence-electron chi connectivity index (χ1n) is 4.80. The van der Waals surface area contributed by atoms with Crippen LogP contribution in [0.5, 0.6) is 0 Å². The SMILES string of the molecule is Nc1nc(Br)cnc1N1CC(C(=O)O)CC1=O. The van der Waals surface area contributed by atoms with Gasteiger partial charge in [-0.3, -0.25) is 14.5 Å². The average Bonchev–Trinajstić information content (AvgIpc) is 2.61. The number of carboxylic acid groups (broad SMARTS) is 1. The maximum atomic E-state index is 11.7. The van der Waals surface area contributed by atoms with Crippen molar-refractivity contribution in [3.63, 3.8) is 0 Å². The fourth-order valence-corrected chi connectivity index (χ4v) is 1.95. The van der Waals surface area contributed by atoms with Gasteiger partial charge in [0.1, 0.15) is 4.60 Å². The molecule has 1 fully saturated rings. The predicted octanol–water partition coefficient (Wildman–Crippen LogP) is 0.259. The molecule has 1 aliphatic rings. The zero-order chi connectivity index (χ0) is 12.6. The summed E-state index contributed by atoms with van der Waals surface area (Å²) in [5, 5.41) is 8.86. The van der Waals surface area contributed by atoms with Crippen LogP contribution in [-0.4, -0.2) is 33.5 Å². The highest BCUT2D eigenvalue weighted by Crippen LogP contribution is 2.27. The van der Waals surface area contributed by atoms with Gasteiger partial charge >= 0.3 is 5.97 Å². The lowest BCUT2D eigenvalue weighted by atomic mass is 10.1. The van der Waals surface area contributed by atoms with Crippen LogP contribution in [-0.2, 0) is 9.59 Å². The van der Waals surface area contributed by atoms with Gasteiger partial charge in [0.2, 0.25) is 5.91 Å². The van der Waals surface area contributed by atoms with Gasteiger partial charge in [0.25, 0.3) is 0 Å².